The lowest BCUT2D eigenvalue weighted by atomic mass is 10.3. The van der Waals surface area contributed by atoms with Crippen molar-refractivity contribution in [2.24, 2.45) is 5.73 Å². The largest absolute Gasteiger partial charge is 0.368 e. The van der Waals surface area contributed by atoms with Gasteiger partial charge in [-0.25, -0.2) is 5.43 Å². The molecule has 5 N–H and O–H groups in total. The molecule has 1 aromatic heterocycles. The molecule has 0 aliphatic carbocycles. The molecule has 6 heteroatoms. The molecule has 1 rings (SSSR count). The molecule has 12 heavy (non-hydrogen) atoms. The van der Waals surface area contributed by atoms with E-state index in [-0.39, 0.29) is 0 Å². The van der Waals surface area contributed by atoms with E-state index in [1.807, 2.05) is 0 Å². The maximum Gasteiger partial charge on any atom is 0.236 e. The van der Waals surface area contributed by atoms with E-state index in [4.69, 9.17) is 5.73 Å². The number of nitrogens with two attached hydrogens (primary N) is 1. The topological polar surface area (TPSA) is 95.8 Å². The van der Waals surface area contributed by atoms with Crippen molar-refractivity contribution >= 4 is 11.7 Å². The van der Waals surface area contributed by atoms with Crippen LogP contribution < -0.4 is 16.6 Å². The normalized spacial score (nSPS) is 12.4. The van der Waals surface area contributed by atoms with E-state index in [2.05, 4.69) is 21.0 Å². The Morgan fingerprint density at radius 1 is 1.83 bits per heavy atom. The zero-order valence-electron chi connectivity index (χ0n) is 6.66. The van der Waals surface area contributed by atoms with E-state index in [1.165, 1.54) is 0 Å². The van der Waals surface area contributed by atoms with Gasteiger partial charge in [-0.2, -0.15) is 5.10 Å². The number of hydrogen-bond donors (Lipinski definition) is 4. The van der Waals surface area contributed by atoms with Crippen LogP contribution in [-0.2, 0) is 4.79 Å². The van der Waals surface area contributed by atoms with Crippen LogP contribution in [0.2, 0.25) is 0 Å². The minimum atomic E-state index is -0.423. The number of rotatable bonds is 4. The van der Waals surface area contributed by atoms with Crippen LogP contribution in [0.4, 0.5) is 5.82 Å². The van der Waals surface area contributed by atoms with Crippen LogP contribution >= 0.6 is 0 Å². The van der Waals surface area contributed by atoms with Crippen molar-refractivity contribution in [3.8, 4) is 0 Å². The Labute approximate surface area is 69.5 Å². The van der Waals surface area contributed by atoms with Gasteiger partial charge in [0.25, 0.3) is 0 Å². The number of hydrogen-bond acceptors (Lipinski definition) is 4. The highest BCUT2D eigenvalue weighted by Crippen LogP contribution is 1.95. The van der Waals surface area contributed by atoms with Gasteiger partial charge in [-0.1, -0.05) is 0 Å². The van der Waals surface area contributed by atoms with Crippen molar-refractivity contribution in [2.75, 3.05) is 5.43 Å². The Bertz CT molecular complexity index is 244. The van der Waals surface area contributed by atoms with Crippen molar-refractivity contribution < 1.29 is 4.79 Å². The van der Waals surface area contributed by atoms with Crippen LogP contribution in [-0.4, -0.2) is 22.1 Å². The number of hydrazine groups is 1. The molecule has 0 aromatic carbocycles. The highest BCUT2D eigenvalue weighted by Gasteiger charge is 2.06. The molecule has 1 unspecified atom stereocenters. The summed E-state index contributed by atoms with van der Waals surface area (Å²) < 4.78 is 0. The van der Waals surface area contributed by atoms with Gasteiger partial charge in [0.1, 0.15) is 11.9 Å². The second kappa shape index (κ2) is 3.72. The maximum atomic E-state index is 10.6. The summed E-state index contributed by atoms with van der Waals surface area (Å²) in [7, 11) is 0. The van der Waals surface area contributed by atoms with Crippen molar-refractivity contribution in [3.63, 3.8) is 0 Å². The van der Waals surface area contributed by atoms with Crippen molar-refractivity contribution in [3.05, 3.63) is 12.3 Å². The zero-order valence-corrected chi connectivity index (χ0v) is 6.66. The molecule has 1 amide bonds. The second-order valence-corrected chi connectivity index (χ2v) is 2.36. The third-order valence-corrected chi connectivity index (χ3v) is 1.35. The standard InChI is InChI=1S/C6H11N5O/c1-4(6(7)12)9-11-5-2-3-8-10-5/h2-4,9H,1H3,(H2,7,12)(H2,8,10,11). The Balaban J connectivity index is 2.31. The molecule has 1 atom stereocenters. The van der Waals surface area contributed by atoms with Crippen molar-refractivity contribution in [1.82, 2.24) is 15.6 Å². The highest BCUT2D eigenvalue weighted by atomic mass is 16.1. The first-order valence-electron chi connectivity index (χ1n) is 3.50. The molecule has 0 fully saturated rings. The monoisotopic (exact) mass is 169 g/mol. The average molecular weight is 169 g/mol. The first kappa shape index (κ1) is 8.54. The molecule has 0 aliphatic heterocycles. The Hall–Kier alpha value is -1.56. The third-order valence-electron chi connectivity index (χ3n) is 1.35. The summed E-state index contributed by atoms with van der Waals surface area (Å²) >= 11 is 0. The first-order chi connectivity index (χ1) is 5.70. The van der Waals surface area contributed by atoms with Crippen LogP contribution in [0.15, 0.2) is 12.3 Å². The van der Waals surface area contributed by atoms with E-state index >= 15 is 0 Å². The molecule has 0 spiro atoms. The van der Waals surface area contributed by atoms with Gasteiger partial charge in [-0.15, -0.1) is 0 Å². The minimum absolute atomic E-state index is 0.415. The van der Waals surface area contributed by atoms with Gasteiger partial charge in [-0.05, 0) is 6.92 Å². The summed E-state index contributed by atoms with van der Waals surface area (Å²) in [5, 5.41) is 6.36. The quantitative estimate of drug-likeness (QED) is 0.444. The third kappa shape index (κ3) is 2.24. The van der Waals surface area contributed by atoms with Crippen LogP contribution in [0.25, 0.3) is 0 Å². The smallest absolute Gasteiger partial charge is 0.236 e. The molecule has 1 heterocycles. The first-order valence-corrected chi connectivity index (χ1v) is 3.50. The molecular formula is C6H11N5O. The zero-order chi connectivity index (χ0) is 8.97. The lowest BCUT2D eigenvalue weighted by Gasteiger charge is -2.10. The van der Waals surface area contributed by atoms with Crippen LogP contribution in [0, 0.1) is 0 Å². The van der Waals surface area contributed by atoms with E-state index in [0.717, 1.165) is 0 Å². The molecule has 0 bridgehead atoms. The fourth-order valence-electron chi connectivity index (χ4n) is 0.583. The molecule has 0 saturated heterocycles. The van der Waals surface area contributed by atoms with Gasteiger partial charge in [0.15, 0.2) is 0 Å². The summed E-state index contributed by atoms with van der Waals surface area (Å²) in [4.78, 5) is 10.6. The van der Waals surface area contributed by atoms with Crippen LogP contribution in [0.1, 0.15) is 6.92 Å². The number of H-pyrrole nitrogens is 1. The number of carbonyl (C=O) groups excluding carboxylic acids is 1. The number of aromatic amines is 1. The number of anilines is 1. The van der Waals surface area contributed by atoms with E-state index in [1.54, 1.807) is 19.2 Å². The van der Waals surface area contributed by atoms with Gasteiger partial charge >= 0.3 is 0 Å². The maximum absolute atomic E-state index is 10.6. The van der Waals surface area contributed by atoms with E-state index < -0.39 is 11.9 Å². The molecule has 66 valence electrons. The summed E-state index contributed by atoms with van der Waals surface area (Å²) in [5.74, 6) is 0.269. The Morgan fingerprint density at radius 3 is 3.08 bits per heavy atom. The Morgan fingerprint density at radius 2 is 2.58 bits per heavy atom. The lowest BCUT2D eigenvalue weighted by molar-refractivity contribution is -0.119. The van der Waals surface area contributed by atoms with Crippen molar-refractivity contribution in [2.45, 2.75) is 13.0 Å². The van der Waals surface area contributed by atoms with E-state index in [9.17, 15) is 4.79 Å². The predicted molar refractivity (Wildman–Crippen MR) is 44.0 cm³/mol. The summed E-state index contributed by atoms with van der Waals surface area (Å²) in [6.07, 6.45) is 1.60. The lowest BCUT2D eigenvalue weighted by Crippen LogP contribution is -2.41. The fraction of sp³-hybridized carbons (Fsp3) is 0.333. The van der Waals surface area contributed by atoms with Crippen LogP contribution in [0.3, 0.4) is 0 Å². The second-order valence-electron chi connectivity index (χ2n) is 2.36. The minimum Gasteiger partial charge on any atom is -0.368 e. The van der Waals surface area contributed by atoms with Gasteiger partial charge in [-0.3, -0.25) is 9.89 Å². The number of primary amides is 1. The van der Waals surface area contributed by atoms with Gasteiger partial charge in [0.2, 0.25) is 5.91 Å². The number of nitrogens with one attached hydrogen (secondary N) is 3. The molecule has 0 aliphatic rings. The van der Waals surface area contributed by atoms with Crippen LogP contribution in [0.5, 0.6) is 0 Å². The average Bonchev–Trinajstić information content (AvgIpc) is 2.51. The Kier molecular flexibility index (Phi) is 2.65. The number of carbonyl (C=O) groups is 1. The molecule has 1 aromatic rings. The molecule has 6 nitrogen and oxygen atoms in total. The van der Waals surface area contributed by atoms with Gasteiger partial charge in [0.05, 0.1) is 6.20 Å². The summed E-state index contributed by atoms with van der Waals surface area (Å²) in [6.45, 7) is 1.66. The fourth-order valence-corrected chi connectivity index (χ4v) is 0.583. The highest BCUT2D eigenvalue weighted by molar-refractivity contribution is 5.79. The predicted octanol–water partition coefficient (Wildman–Crippen LogP) is -0.800. The SMILES string of the molecule is CC(NNc1ccn[nH]1)C(N)=O. The van der Waals surface area contributed by atoms with Gasteiger partial charge in [0, 0.05) is 6.07 Å². The van der Waals surface area contributed by atoms with Crippen molar-refractivity contribution in [1.29, 1.82) is 0 Å². The van der Waals surface area contributed by atoms with Gasteiger partial charge < -0.3 is 11.2 Å². The number of aromatic nitrogens is 2. The number of nitrogens with zero attached hydrogens (tertiary/aromatic N) is 1. The summed E-state index contributed by atoms with van der Waals surface area (Å²) in [6, 6.07) is 1.30. The van der Waals surface area contributed by atoms with E-state index in [0.29, 0.717) is 5.82 Å². The molecule has 0 saturated carbocycles. The molecule has 0 radical (unpaired) electrons. The number of amides is 1. The molecular weight excluding hydrogens is 158 g/mol. The summed E-state index contributed by atoms with van der Waals surface area (Å²) in [5.41, 5.74) is 10.4.